The van der Waals surface area contributed by atoms with Gasteiger partial charge < -0.3 is 4.57 Å². The topological polar surface area (TPSA) is 34.0 Å². The molecule has 1 saturated heterocycles. The maximum absolute atomic E-state index is 3.93. The van der Waals surface area contributed by atoms with E-state index < -0.39 is 0 Å². The van der Waals surface area contributed by atoms with E-state index >= 15 is 0 Å². The minimum atomic E-state index is 0.278. The molecule has 0 N–H and O–H groups in total. The van der Waals surface area contributed by atoms with Gasteiger partial charge in [0.1, 0.15) is 12.7 Å². The summed E-state index contributed by atoms with van der Waals surface area (Å²) in [6.45, 7) is 9.33. The van der Waals surface area contributed by atoms with Crippen molar-refractivity contribution in [3.8, 4) is 0 Å². The fourth-order valence-corrected chi connectivity index (χ4v) is 2.91. The summed E-state index contributed by atoms with van der Waals surface area (Å²) in [6, 6.07) is 0.591. The van der Waals surface area contributed by atoms with Gasteiger partial charge in [-0.25, -0.2) is 0 Å². The molecule has 1 aromatic rings. The molecule has 16 heavy (non-hydrogen) atoms. The first kappa shape index (κ1) is 10.3. The van der Waals surface area contributed by atoms with Crippen molar-refractivity contribution in [3.63, 3.8) is 0 Å². The molecule has 1 aromatic heterocycles. The van der Waals surface area contributed by atoms with Gasteiger partial charge >= 0.3 is 0 Å². The minimum Gasteiger partial charge on any atom is -0.315 e. The van der Waals surface area contributed by atoms with Crippen LogP contribution in [0.1, 0.15) is 33.2 Å². The Morgan fingerprint density at radius 3 is 2.44 bits per heavy atom. The largest absolute Gasteiger partial charge is 0.315 e. The number of fused-ring (bicyclic) bond motifs is 1. The molecule has 88 valence electrons. The minimum absolute atomic E-state index is 0.278. The summed E-state index contributed by atoms with van der Waals surface area (Å²) in [6.07, 6.45) is 5.12. The van der Waals surface area contributed by atoms with Crippen LogP contribution in [0.5, 0.6) is 0 Å². The van der Waals surface area contributed by atoms with E-state index in [2.05, 4.69) is 40.4 Å². The molecule has 0 aromatic carbocycles. The van der Waals surface area contributed by atoms with E-state index in [-0.39, 0.29) is 5.54 Å². The van der Waals surface area contributed by atoms with Crippen molar-refractivity contribution >= 4 is 0 Å². The molecule has 1 saturated carbocycles. The Labute approximate surface area is 96.7 Å². The normalized spacial score (nSPS) is 34.8. The van der Waals surface area contributed by atoms with Crippen molar-refractivity contribution < 1.29 is 0 Å². The van der Waals surface area contributed by atoms with E-state index in [1.807, 2.05) is 12.7 Å². The average Bonchev–Trinajstić information content (AvgIpc) is 2.79. The second-order valence-electron chi connectivity index (χ2n) is 6.21. The third kappa shape index (κ3) is 1.65. The average molecular weight is 220 g/mol. The first-order valence-corrected chi connectivity index (χ1v) is 6.15. The molecule has 0 amide bonds. The standard InChI is InChI=1S/C12H20N4/c1-12(2,3)16-5-9-4-10(9)11(6-16)15-7-13-14-8-15/h7-11H,4-6H2,1-3H3. The zero-order valence-electron chi connectivity index (χ0n) is 10.3. The summed E-state index contributed by atoms with van der Waals surface area (Å²) in [5, 5.41) is 7.86. The zero-order chi connectivity index (χ0) is 11.3. The first-order valence-electron chi connectivity index (χ1n) is 6.15. The summed E-state index contributed by atoms with van der Waals surface area (Å²) in [5.41, 5.74) is 0.278. The molecule has 0 radical (unpaired) electrons. The summed E-state index contributed by atoms with van der Waals surface area (Å²) >= 11 is 0. The highest BCUT2D eigenvalue weighted by Gasteiger charge is 2.50. The van der Waals surface area contributed by atoms with Gasteiger partial charge in [-0.05, 0) is 39.0 Å². The van der Waals surface area contributed by atoms with Crippen molar-refractivity contribution in [3.05, 3.63) is 12.7 Å². The Morgan fingerprint density at radius 1 is 1.12 bits per heavy atom. The molecule has 2 fully saturated rings. The van der Waals surface area contributed by atoms with Crippen molar-refractivity contribution in [2.75, 3.05) is 13.1 Å². The summed E-state index contributed by atoms with van der Waals surface area (Å²) in [7, 11) is 0. The predicted octanol–water partition coefficient (Wildman–Crippen LogP) is 1.57. The lowest BCUT2D eigenvalue weighted by Crippen LogP contribution is -2.48. The fraction of sp³-hybridized carbons (Fsp3) is 0.833. The van der Waals surface area contributed by atoms with Gasteiger partial charge in [0.15, 0.2) is 0 Å². The van der Waals surface area contributed by atoms with E-state index in [1.54, 1.807) is 0 Å². The van der Waals surface area contributed by atoms with Gasteiger partial charge in [-0.1, -0.05) is 0 Å². The summed E-state index contributed by atoms with van der Waals surface area (Å²) < 4.78 is 2.20. The Morgan fingerprint density at radius 2 is 1.81 bits per heavy atom. The second-order valence-corrected chi connectivity index (χ2v) is 6.21. The molecule has 1 aliphatic heterocycles. The SMILES string of the molecule is CC(C)(C)N1CC2CC2C(n2cnnc2)C1. The van der Waals surface area contributed by atoms with E-state index in [9.17, 15) is 0 Å². The molecular formula is C12H20N4. The van der Waals surface area contributed by atoms with Crippen molar-refractivity contribution in [1.82, 2.24) is 19.7 Å². The van der Waals surface area contributed by atoms with Crippen LogP contribution in [0.4, 0.5) is 0 Å². The van der Waals surface area contributed by atoms with Crippen LogP contribution >= 0.6 is 0 Å². The van der Waals surface area contributed by atoms with Crippen molar-refractivity contribution in [1.29, 1.82) is 0 Å². The van der Waals surface area contributed by atoms with E-state index in [0.717, 1.165) is 18.4 Å². The molecule has 2 aliphatic rings. The number of rotatable bonds is 1. The number of hydrogen-bond acceptors (Lipinski definition) is 3. The van der Waals surface area contributed by atoms with Gasteiger partial charge in [0.2, 0.25) is 0 Å². The van der Waals surface area contributed by atoms with Crippen LogP contribution in [0, 0.1) is 11.8 Å². The van der Waals surface area contributed by atoms with Crippen molar-refractivity contribution in [2.24, 2.45) is 11.8 Å². The third-order valence-corrected chi connectivity index (χ3v) is 4.10. The molecule has 4 nitrogen and oxygen atoms in total. The smallest absolute Gasteiger partial charge is 0.119 e. The van der Waals surface area contributed by atoms with Crippen molar-refractivity contribution in [2.45, 2.75) is 38.8 Å². The van der Waals surface area contributed by atoms with E-state index in [1.165, 1.54) is 13.0 Å². The lowest BCUT2D eigenvalue weighted by Gasteiger charge is -2.41. The van der Waals surface area contributed by atoms with Gasteiger partial charge in [-0.2, -0.15) is 0 Å². The molecule has 1 aliphatic carbocycles. The van der Waals surface area contributed by atoms with Gasteiger partial charge in [-0.3, -0.25) is 4.90 Å². The van der Waals surface area contributed by atoms with E-state index in [4.69, 9.17) is 0 Å². The molecule has 3 atom stereocenters. The first-order chi connectivity index (χ1) is 7.55. The Bertz CT molecular complexity index is 365. The van der Waals surface area contributed by atoms with Crippen LogP contribution in [0.3, 0.4) is 0 Å². The number of aromatic nitrogens is 3. The Balaban J connectivity index is 1.81. The highest BCUT2D eigenvalue weighted by molar-refractivity contribution is 5.03. The lowest BCUT2D eigenvalue weighted by atomic mass is 9.98. The number of piperidine rings is 1. The lowest BCUT2D eigenvalue weighted by molar-refractivity contribution is 0.0759. The number of likely N-dealkylation sites (tertiary alicyclic amines) is 1. The van der Waals surface area contributed by atoms with Gasteiger partial charge in [0.05, 0.1) is 6.04 Å². The Hall–Kier alpha value is -0.900. The highest BCUT2D eigenvalue weighted by Crippen LogP contribution is 2.51. The molecule has 0 bridgehead atoms. The summed E-state index contributed by atoms with van der Waals surface area (Å²) in [4.78, 5) is 2.60. The van der Waals surface area contributed by atoms with E-state index in [0.29, 0.717) is 6.04 Å². The molecular weight excluding hydrogens is 200 g/mol. The quantitative estimate of drug-likeness (QED) is 0.720. The van der Waals surface area contributed by atoms with Crippen LogP contribution < -0.4 is 0 Å². The van der Waals surface area contributed by atoms with Crippen LogP contribution in [0.2, 0.25) is 0 Å². The number of nitrogens with zero attached hydrogens (tertiary/aromatic N) is 4. The predicted molar refractivity (Wildman–Crippen MR) is 62.0 cm³/mol. The monoisotopic (exact) mass is 220 g/mol. The summed E-state index contributed by atoms with van der Waals surface area (Å²) in [5.74, 6) is 1.77. The van der Waals surface area contributed by atoms with Crippen LogP contribution in [0.25, 0.3) is 0 Å². The third-order valence-electron chi connectivity index (χ3n) is 4.10. The molecule has 0 spiro atoms. The fourth-order valence-electron chi connectivity index (χ4n) is 2.91. The molecule has 2 heterocycles. The molecule has 4 heteroatoms. The molecule has 3 unspecified atom stereocenters. The maximum atomic E-state index is 3.93. The van der Waals surface area contributed by atoms with Gasteiger partial charge in [0, 0.05) is 18.6 Å². The van der Waals surface area contributed by atoms with Crippen LogP contribution in [-0.2, 0) is 0 Å². The number of hydrogen-bond donors (Lipinski definition) is 0. The maximum Gasteiger partial charge on any atom is 0.119 e. The van der Waals surface area contributed by atoms with Gasteiger partial charge in [0.25, 0.3) is 0 Å². The zero-order valence-corrected chi connectivity index (χ0v) is 10.3. The van der Waals surface area contributed by atoms with Crippen LogP contribution in [-0.4, -0.2) is 38.3 Å². The Kier molecular flexibility index (Phi) is 2.11. The van der Waals surface area contributed by atoms with Crippen LogP contribution in [0.15, 0.2) is 12.7 Å². The molecule has 3 rings (SSSR count). The highest BCUT2D eigenvalue weighted by atomic mass is 15.3. The van der Waals surface area contributed by atoms with Gasteiger partial charge in [-0.15, -0.1) is 10.2 Å². The second kappa shape index (κ2) is 3.29.